The number of aryl methyl sites for hydroxylation is 1. The van der Waals surface area contributed by atoms with Crippen LogP contribution in [-0.2, 0) is 12.7 Å². The molecule has 1 amide bonds. The minimum Gasteiger partial charge on any atom is -0.459 e. The maximum atomic E-state index is 13.6. The second-order valence-electron chi connectivity index (χ2n) is 6.92. The summed E-state index contributed by atoms with van der Waals surface area (Å²) in [4.78, 5) is 16.3. The predicted octanol–water partition coefficient (Wildman–Crippen LogP) is 5.52. The van der Waals surface area contributed by atoms with E-state index >= 15 is 0 Å². The van der Waals surface area contributed by atoms with Crippen molar-refractivity contribution >= 4 is 17.3 Å². The molecule has 164 valence electrons. The van der Waals surface area contributed by atoms with Gasteiger partial charge < -0.3 is 19.6 Å². The Hall–Kier alpha value is -4.08. The standard InChI is InChI=1S/C22H17F3N4O3/c1-13-4-6-14(7-5-13)20-28-19(32-29-20)12-26-17-9-8-15(11-16(17)22(23,24)25)27-21(30)18-3-2-10-31-18/h2-11,26H,12H2,1H3,(H,27,30). The summed E-state index contributed by atoms with van der Waals surface area (Å²) in [5.41, 5.74) is 0.640. The Morgan fingerprint density at radius 1 is 1.09 bits per heavy atom. The van der Waals surface area contributed by atoms with Crippen LogP contribution in [0.15, 0.2) is 69.8 Å². The molecule has 32 heavy (non-hydrogen) atoms. The van der Waals surface area contributed by atoms with E-state index in [-0.39, 0.29) is 29.6 Å². The molecule has 0 atom stereocenters. The topological polar surface area (TPSA) is 93.2 Å². The number of furan rings is 1. The van der Waals surface area contributed by atoms with Crippen molar-refractivity contribution in [3.8, 4) is 11.4 Å². The third-order valence-corrected chi connectivity index (χ3v) is 4.54. The van der Waals surface area contributed by atoms with Crippen molar-refractivity contribution in [2.45, 2.75) is 19.6 Å². The van der Waals surface area contributed by atoms with Crippen LogP contribution >= 0.6 is 0 Å². The highest BCUT2D eigenvalue weighted by Crippen LogP contribution is 2.37. The van der Waals surface area contributed by atoms with Crippen LogP contribution in [0.1, 0.15) is 27.6 Å². The molecule has 4 rings (SSSR count). The van der Waals surface area contributed by atoms with Crippen molar-refractivity contribution in [1.29, 1.82) is 0 Å². The van der Waals surface area contributed by atoms with Gasteiger partial charge in [-0.25, -0.2) is 0 Å². The molecule has 2 N–H and O–H groups in total. The van der Waals surface area contributed by atoms with Crippen molar-refractivity contribution in [2.75, 3.05) is 10.6 Å². The fourth-order valence-corrected chi connectivity index (χ4v) is 2.93. The van der Waals surface area contributed by atoms with Gasteiger partial charge in [-0.05, 0) is 37.3 Å². The molecule has 0 spiro atoms. The number of halogens is 3. The van der Waals surface area contributed by atoms with Crippen LogP contribution in [0, 0.1) is 6.92 Å². The number of alkyl halides is 3. The maximum absolute atomic E-state index is 13.6. The van der Waals surface area contributed by atoms with E-state index in [1.54, 1.807) is 0 Å². The van der Waals surface area contributed by atoms with E-state index in [1.807, 2.05) is 31.2 Å². The molecule has 7 nitrogen and oxygen atoms in total. The number of carbonyl (C=O) groups is 1. The Morgan fingerprint density at radius 3 is 2.56 bits per heavy atom. The number of hydrogen-bond acceptors (Lipinski definition) is 6. The molecule has 0 unspecified atom stereocenters. The number of nitrogens with zero attached hydrogens (tertiary/aromatic N) is 2. The number of rotatable bonds is 6. The molecule has 2 aromatic heterocycles. The minimum absolute atomic E-state index is 0.0125. The Morgan fingerprint density at radius 2 is 1.88 bits per heavy atom. The fraction of sp³-hybridized carbons (Fsp3) is 0.136. The second-order valence-corrected chi connectivity index (χ2v) is 6.92. The number of anilines is 2. The predicted molar refractivity (Wildman–Crippen MR) is 110 cm³/mol. The minimum atomic E-state index is -4.66. The SMILES string of the molecule is Cc1ccc(-c2noc(CNc3ccc(NC(=O)c4ccco4)cc3C(F)(F)F)n2)cc1. The lowest BCUT2D eigenvalue weighted by molar-refractivity contribution is -0.136. The van der Waals surface area contributed by atoms with E-state index in [0.717, 1.165) is 17.2 Å². The number of aromatic nitrogens is 2. The molecular formula is C22H17F3N4O3. The molecule has 0 radical (unpaired) electrons. The van der Waals surface area contributed by atoms with E-state index in [9.17, 15) is 18.0 Å². The van der Waals surface area contributed by atoms with Crippen LogP contribution in [0.2, 0.25) is 0 Å². The zero-order valence-electron chi connectivity index (χ0n) is 16.7. The summed E-state index contributed by atoms with van der Waals surface area (Å²) in [5.74, 6) is -0.197. The zero-order chi connectivity index (χ0) is 22.7. The first-order valence-corrected chi connectivity index (χ1v) is 9.49. The smallest absolute Gasteiger partial charge is 0.418 e. The third-order valence-electron chi connectivity index (χ3n) is 4.54. The zero-order valence-corrected chi connectivity index (χ0v) is 16.7. The average molecular weight is 442 g/mol. The number of benzene rings is 2. The van der Waals surface area contributed by atoms with Crippen molar-refractivity contribution in [3.05, 3.63) is 83.6 Å². The Bertz CT molecular complexity index is 1220. The number of hydrogen-bond donors (Lipinski definition) is 2. The molecule has 0 saturated carbocycles. The monoisotopic (exact) mass is 442 g/mol. The summed E-state index contributed by atoms with van der Waals surface area (Å²) in [6.45, 7) is 1.83. The molecule has 0 saturated heterocycles. The van der Waals surface area contributed by atoms with Crippen LogP contribution in [0.3, 0.4) is 0 Å². The van der Waals surface area contributed by atoms with Gasteiger partial charge in [-0.1, -0.05) is 35.0 Å². The molecule has 2 aromatic carbocycles. The van der Waals surface area contributed by atoms with Crippen LogP contribution in [0.5, 0.6) is 0 Å². The Labute approximate surface area is 180 Å². The Balaban J connectivity index is 1.49. The van der Waals surface area contributed by atoms with Crippen LogP contribution in [0.4, 0.5) is 24.5 Å². The highest BCUT2D eigenvalue weighted by atomic mass is 19.4. The largest absolute Gasteiger partial charge is 0.459 e. The van der Waals surface area contributed by atoms with Gasteiger partial charge >= 0.3 is 6.18 Å². The van der Waals surface area contributed by atoms with Crippen molar-refractivity contribution < 1.29 is 26.9 Å². The van der Waals surface area contributed by atoms with Gasteiger partial charge in [-0.15, -0.1) is 0 Å². The normalized spacial score (nSPS) is 11.4. The first-order valence-electron chi connectivity index (χ1n) is 9.49. The summed E-state index contributed by atoms with van der Waals surface area (Å²) < 4.78 is 50.9. The van der Waals surface area contributed by atoms with Crippen molar-refractivity contribution in [3.63, 3.8) is 0 Å². The maximum Gasteiger partial charge on any atom is 0.418 e. The first kappa shape index (κ1) is 21.2. The lowest BCUT2D eigenvalue weighted by atomic mass is 10.1. The molecule has 10 heteroatoms. The van der Waals surface area contributed by atoms with Gasteiger partial charge in [0.05, 0.1) is 18.4 Å². The summed E-state index contributed by atoms with van der Waals surface area (Å²) in [7, 11) is 0. The second kappa shape index (κ2) is 8.58. The van der Waals surface area contributed by atoms with Gasteiger partial charge in [-0.3, -0.25) is 4.79 Å². The molecular weight excluding hydrogens is 425 g/mol. The van der Waals surface area contributed by atoms with Gasteiger partial charge in [0.1, 0.15) is 0 Å². The molecule has 0 aliphatic heterocycles. The molecule has 0 aliphatic carbocycles. The highest BCUT2D eigenvalue weighted by Gasteiger charge is 2.34. The summed E-state index contributed by atoms with van der Waals surface area (Å²) in [5, 5.41) is 8.92. The first-order chi connectivity index (χ1) is 15.3. The summed E-state index contributed by atoms with van der Waals surface area (Å²) in [6, 6.07) is 13.8. The number of carbonyl (C=O) groups excluding carboxylic acids is 1. The van der Waals surface area contributed by atoms with Crippen LogP contribution in [0.25, 0.3) is 11.4 Å². The molecule has 4 aromatic rings. The Kier molecular flexibility index (Phi) is 5.67. The van der Waals surface area contributed by atoms with E-state index in [1.165, 1.54) is 30.5 Å². The molecule has 0 fully saturated rings. The lowest BCUT2D eigenvalue weighted by Gasteiger charge is -2.15. The van der Waals surface area contributed by atoms with Crippen molar-refractivity contribution in [2.24, 2.45) is 0 Å². The van der Waals surface area contributed by atoms with Gasteiger partial charge in [0.2, 0.25) is 11.7 Å². The van der Waals surface area contributed by atoms with E-state index in [0.29, 0.717) is 5.82 Å². The van der Waals surface area contributed by atoms with Crippen LogP contribution in [-0.4, -0.2) is 16.0 Å². The van der Waals surface area contributed by atoms with Gasteiger partial charge in [0, 0.05) is 16.9 Å². The molecule has 2 heterocycles. The molecule has 0 aliphatic rings. The van der Waals surface area contributed by atoms with Crippen molar-refractivity contribution in [1.82, 2.24) is 10.1 Å². The third kappa shape index (κ3) is 4.80. The summed E-state index contributed by atoms with van der Waals surface area (Å²) >= 11 is 0. The van der Waals surface area contributed by atoms with E-state index in [4.69, 9.17) is 8.94 Å². The van der Waals surface area contributed by atoms with E-state index < -0.39 is 17.6 Å². The fourth-order valence-electron chi connectivity index (χ4n) is 2.93. The average Bonchev–Trinajstić information content (AvgIpc) is 3.45. The van der Waals surface area contributed by atoms with Gasteiger partial charge in [0.25, 0.3) is 5.91 Å². The number of amides is 1. The van der Waals surface area contributed by atoms with Gasteiger partial charge in [-0.2, -0.15) is 18.2 Å². The van der Waals surface area contributed by atoms with Crippen LogP contribution < -0.4 is 10.6 Å². The van der Waals surface area contributed by atoms with E-state index in [2.05, 4.69) is 20.8 Å². The lowest BCUT2D eigenvalue weighted by Crippen LogP contribution is -2.14. The number of nitrogens with one attached hydrogen (secondary N) is 2. The molecule has 0 bridgehead atoms. The van der Waals surface area contributed by atoms with Gasteiger partial charge in [0.15, 0.2) is 5.76 Å². The highest BCUT2D eigenvalue weighted by molar-refractivity contribution is 6.02. The quantitative estimate of drug-likeness (QED) is 0.408. The summed E-state index contributed by atoms with van der Waals surface area (Å²) in [6.07, 6.45) is -3.36.